The summed E-state index contributed by atoms with van der Waals surface area (Å²) in [5.74, 6) is 1.11. The lowest BCUT2D eigenvalue weighted by Gasteiger charge is -2.13. The number of carbonyl (C=O) groups excluding carboxylic acids is 2. The van der Waals surface area contributed by atoms with E-state index in [0.717, 1.165) is 6.54 Å². The molecule has 0 aliphatic carbocycles. The zero-order chi connectivity index (χ0) is 10.4. The molecule has 0 radical (unpaired) electrons. The summed E-state index contributed by atoms with van der Waals surface area (Å²) >= 11 is 1.54. The summed E-state index contributed by atoms with van der Waals surface area (Å²) in [4.78, 5) is 24.0. The molecule has 1 fully saturated rings. The standard InChI is InChI=1S/C8H15N3O2S.ClH/c1-9-2-3-10-7(12)4-11-6-14-5-8(11)13;/h9H,2-6H2,1H3,(H,10,12);1H. The number of amides is 2. The predicted octanol–water partition coefficient (Wildman–Crippen LogP) is -0.723. The maximum Gasteiger partial charge on any atom is 0.239 e. The van der Waals surface area contributed by atoms with Crippen molar-refractivity contribution in [2.75, 3.05) is 38.3 Å². The summed E-state index contributed by atoms with van der Waals surface area (Å²) in [6, 6.07) is 0. The minimum absolute atomic E-state index is 0. The van der Waals surface area contributed by atoms with Crippen molar-refractivity contribution in [3.05, 3.63) is 0 Å². The van der Waals surface area contributed by atoms with Gasteiger partial charge >= 0.3 is 0 Å². The van der Waals surface area contributed by atoms with Gasteiger partial charge in [-0.05, 0) is 7.05 Å². The number of hydrogen-bond donors (Lipinski definition) is 2. The van der Waals surface area contributed by atoms with Crippen LogP contribution in [0.2, 0.25) is 0 Å². The fourth-order valence-electron chi connectivity index (χ4n) is 1.10. The third kappa shape index (κ3) is 5.25. The van der Waals surface area contributed by atoms with Crippen molar-refractivity contribution in [1.29, 1.82) is 0 Å². The van der Waals surface area contributed by atoms with Crippen LogP contribution in [0.1, 0.15) is 0 Å². The summed E-state index contributed by atoms with van der Waals surface area (Å²) in [6.07, 6.45) is 0. The Labute approximate surface area is 99.7 Å². The first-order valence-corrected chi connectivity index (χ1v) is 5.66. The van der Waals surface area contributed by atoms with Gasteiger partial charge in [-0.3, -0.25) is 9.59 Å². The molecule has 7 heteroatoms. The molecule has 0 aromatic carbocycles. The van der Waals surface area contributed by atoms with Crippen LogP contribution < -0.4 is 10.6 Å². The molecule has 5 nitrogen and oxygen atoms in total. The molecule has 1 rings (SSSR count). The first-order valence-electron chi connectivity index (χ1n) is 4.51. The molecule has 1 saturated heterocycles. The lowest BCUT2D eigenvalue weighted by atomic mass is 10.4. The highest BCUT2D eigenvalue weighted by atomic mass is 35.5. The Morgan fingerprint density at radius 1 is 1.53 bits per heavy atom. The monoisotopic (exact) mass is 253 g/mol. The minimum atomic E-state index is -0.0869. The Bertz CT molecular complexity index is 228. The molecule has 88 valence electrons. The van der Waals surface area contributed by atoms with E-state index in [9.17, 15) is 9.59 Å². The van der Waals surface area contributed by atoms with Crippen molar-refractivity contribution in [1.82, 2.24) is 15.5 Å². The highest BCUT2D eigenvalue weighted by molar-refractivity contribution is 8.00. The maximum absolute atomic E-state index is 11.3. The molecule has 0 aromatic heterocycles. The Morgan fingerprint density at radius 2 is 2.27 bits per heavy atom. The molecule has 0 saturated carbocycles. The number of hydrogen-bond acceptors (Lipinski definition) is 4. The Kier molecular flexibility index (Phi) is 7.54. The van der Waals surface area contributed by atoms with Gasteiger partial charge in [-0.25, -0.2) is 0 Å². The second-order valence-corrected chi connectivity index (χ2v) is 3.98. The van der Waals surface area contributed by atoms with Gasteiger partial charge in [-0.2, -0.15) is 0 Å². The second kappa shape index (κ2) is 7.78. The van der Waals surface area contributed by atoms with Crippen LogP contribution in [0, 0.1) is 0 Å². The van der Waals surface area contributed by atoms with E-state index in [0.29, 0.717) is 18.2 Å². The van der Waals surface area contributed by atoms with Crippen molar-refractivity contribution in [3.63, 3.8) is 0 Å². The van der Waals surface area contributed by atoms with Crippen molar-refractivity contribution >= 4 is 36.0 Å². The molecule has 2 N–H and O–H groups in total. The van der Waals surface area contributed by atoms with E-state index in [-0.39, 0.29) is 30.8 Å². The highest BCUT2D eigenvalue weighted by Crippen LogP contribution is 2.13. The summed E-state index contributed by atoms with van der Waals surface area (Å²) in [5.41, 5.74) is 0. The largest absolute Gasteiger partial charge is 0.353 e. The molecule has 2 amide bonds. The van der Waals surface area contributed by atoms with E-state index in [1.165, 1.54) is 0 Å². The van der Waals surface area contributed by atoms with Crippen LogP contribution in [0.15, 0.2) is 0 Å². The van der Waals surface area contributed by atoms with Gasteiger partial charge in [0.1, 0.15) is 6.54 Å². The maximum atomic E-state index is 11.3. The molecule has 0 bridgehead atoms. The van der Waals surface area contributed by atoms with Crippen LogP contribution in [0.4, 0.5) is 0 Å². The van der Waals surface area contributed by atoms with Gasteiger partial charge in [0.2, 0.25) is 11.8 Å². The number of carbonyl (C=O) groups is 2. The van der Waals surface area contributed by atoms with Crippen LogP contribution in [0.3, 0.4) is 0 Å². The molecule has 1 heterocycles. The van der Waals surface area contributed by atoms with Gasteiger partial charge in [0.05, 0.1) is 11.6 Å². The van der Waals surface area contributed by atoms with E-state index < -0.39 is 0 Å². The number of halogens is 1. The number of likely N-dealkylation sites (N-methyl/N-ethyl adjacent to an activating group) is 1. The molecule has 1 aliphatic heterocycles. The van der Waals surface area contributed by atoms with Gasteiger partial charge in [-0.15, -0.1) is 24.2 Å². The first-order chi connectivity index (χ1) is 6.74. The van der Waals surface area contributed by atoms with Crippen LogP contribution >= 0.6 is 24.2 Å². The zero-order valence-corrected chi connectivity index (χ0v) is 10.2. The third-order valence-corrected chi connectivity index (χ3v) is 2.80. The number of nitrogens with zero attached hydrogens (tertiary/aromatic N) is 1. The summed E-state index contributed by atoms with van der Waals surface area (Å²) in [6.45, 7) is 1.54. The van der Waals surface area contributed by atoms with Crippen LogP contribution in [-0.2, 0) is 9.59 Å². The Hall–Kier alpha value is -0.460. The second-order valence-electron chi connectivity index (χ2n) is 3.02. The summed E-state index contributed by atoms with van der Waals surface area (Å²) in [7, 11) is 1.83. The van der Waals surface area contributed by atoms with E-state index in [4.69, 9.17) is 0 Å². The summed E-state index contributed by atoms with van der Waals surface area (Å²) < 4.78 is 0. The molecular weight excluding hydrogens is 238 g/mol. The quantitative estimate of drug-likeness (QED) is 0.635. The fraction of sp³-hybridized carbons (Fsp3) is 0.750. The molecule has 0 spiro atoms. The molecule has 0 unspecified atom stereocenters. The average molecular weight is 254 g/mol. The molecule has 1 aliphatic rings. The van der Waals surface area contributed by atoms with E-state index in [1.54, 1.807) is 16.7 Å². The minimum Gasteiger partial charge on any atom is -0.353 e. The van der Waals surface area contributed by atoms with Crippen molar-refractivity contribution in [2.45, 2.75) is 0 Å². The summed E-state index contributed by atoms with van der Waals surface area (Å²) in [5, 5.41) is 5.65. The number of rotatable bonds is 5. The number of thioether (sulfide) groups is 1. The van der Waals surface area contributed by atoms with Crippen LogP contribution in [-0.4, -0.2) is 55.0 Å². The van der Waals surface area contributed by atoms with Crippen LogP contribution in [0.5, 0.6) is 0 Å². The van der Waals surface area contributed by atoms with Crippen molar-refractivity contribution < 1.29 is 9.59 Å². The number of nitrogens with one attached hydrogen (secondary N) is 2. The van der Waals surface area contributed by atoms with Gasteiger partial charge in [0.25, 0.3) is 0 Å². The van der Waals surface area contributed by atoms with E-state index >= 15 is 0 Å². The molecular formula is C8H16ClN3O2S. The van der Waals surface area contributed by atoms with Gasteiger partial charge in [0.15, 0.2) is 0 Å². The molecule has 15 heavy (non-hydrogen) atoms. The average Bonchev–Trinajstić information content (AvgIpc) is 2.52. The van der Waals surface area contributed by atoms with Gasteiger partial charge < -0.3 is 15.5 Å². The highest BCUT2D eigenvalue weighted by Gasteiger charge is 2.22. The lowest BCUT2D eigenvalue weighted by Crippen LogP contribution is -2.40. The fourth-order valence-corrected chi connectivity index (χ4v) is 2.00. The van der Waals surface area contributed by atoms with E-state index in [2.05, 4.69) is 10.6 Å². The Balaban J connectivity index is 0.00000196. The predicted molar refractivity (Wildman–Crippen MR) is 63.2 cm³/mol. The lowest BCUT2D eigenvalue weighted by molar-refractivity contribution is -0.132. The van der Waals surface area contributed by atoms with Crippen LogP contribution in [0.25, 0.3) is 0 Å². The molecule has 0 atom stereocenters. The normalized spacial score (nSPS) is 15.0. The van der Waals surface area contributed by atoms with Crippen molar-refractivity contribution in [3.8, 4) is 0 Å². The Morgan fingerprint density at radius 3 is 2.80 bits per heavy atom. The topological polar surface area (TPSA) is 61.4 Å². The third-order valence-electron chi connectivity index (χ3n) is 1.86. The SMILES string of the molecule is CNCCNC(=O)CN1CSCC1=O.Cl. The van der Waals surface area contributed by atoms with Gasteiger partial charge in [0, 0.05) is 13.1 Å². The first kappa shape index (κ1) is 14.5. The van der Waals surface area contributed by atoms with Crippen molar-refractivity contribution in [2.24, 2.45) is 0 Å². The smallest absolute Gasteiger partial charge is 0.239 e. The van der Waals surface area contributed by atoms with E-state index in [1.807, 2.05) is 7.05 Å². The zero-order valence-electron chi connectivity index (χ0n) is 8.62. The molecule has 0 aromatic rings. The van der Waals surface area contributed by atoms with Gasteiger partial charge in [-0.1, -0.05) is 0 Å².